The van der Waals surface area contributed by atoms with Gasteiger partial charge in [0, 0.05) is 0 Å². The lowest BCUT2D eigenvalue weighted by Crippen LogP contribution is -2.31. The summed E-state index contributed by atoms with van der Waals surface area (Å²) in [4.78, 5) is 0. The van der Waals surface area contributed by atoms with Gasteiger partial charge in [-0.15, -0.1) is 0 Å². The van der Waals surface area contributed by atoms with E-state index in [-0.39, 0.29) is 11.4 Å². The van der Waals surface area contributed by atoms with Crippen LogP contribution in [0, 0.1) is 12.7 Å². The monoisotopic (exact) mass is 234 g/mol. The number of hydrogen-bond donors (Lipinski definition) is 3. The smallest absolute Gasteiger partial charge is 0.287 e. The van der Waals surface area contributed by atoms with Crippen molar-refractivity contribution in [3.8, 4) is 0 Å². The average Bonchev–Trinajstić information content (AvgIpc) is 2.22. The highest BCUT2D eigenvalue weighted by Gasteiger charge is 2.27. The molecular formula is C10H13F3N2O. The Morgan fingerprint density at radius 1 is 1.44 bits per heavy atom. The summed E-state index contributed by atoms with van der Waals surface area (Å²) in [6.45, 7) is -0.497. The number of nitrogens with two attached hydrogens (primary N) is 1. The summed E-state index contributed by atoms with van der Waals surface area (Å²) in [5, 5.41) is 10.7. The lowest BCUT2D eigenvalue weighted by atomic mass is 10.1. The molecule has 0 aliphatic carbocycles. The van der Waals surface area contributed by atoms with Gasteiger partial charge in [0.25, 0.3) is 5.92 Å². The molecule has 0 bridgehead atoms. The summed E-state index contributed by atoms with van der Waals surface area (Å²) in [5.41, 5.74) is 6.04. The van der Waals surface area contributed by atoms with Crippen molar-refractivity contribution in [2.75, 3.05) is 24.2 Å². The predicted molar refractivity (Wildman–Crippen MR) is 56.1 cm³/mol. The van der Waals surface area contributed by atoms with Crippen molar-refractivity contribution in [1.82, 2.24) is 0 Å². The molecule has 0 fully saturated rings. The van der Waals surface area contributed by atoms with E-state index in [1.165, 1.54) is 13.0 Å². The normalized spacial score (nSPS) is 11.6. The second kappa shape index (κ2) is 4.61. The van der Waals surface area contributed by atoms with E-state index in [2.05, 4.69) is 5.32 Å². The van der Waals surface area contributed by atoms with Gasteiger partial charge in [-0.25, -0.2) is 13.2 Å². The first kappa shape index (κ1) is 12.6. The number of aliphatic hydroxyl groups is 1. The largest absolute Gasteiger partial charge is 0.397 e. The van der Waals surface area contributed by atoms with Crippen LogP contribution in [-0.4, -0.2) is 24.2 Å². The second-order valence-electron chi connectivity index (χ2n) is 3.56. The van der Waals surface area contributed by atoms with Crippen LogP contribution in [0.1, 0.15) is 5.56 Å². The lowest BCUT2D eigenvalue weighted by molar-refractivity contribution is -0.0372. The summed E-state index contributed by atoms with van der Waals surface area (Å²) in [5.74, 6) is -3.72. The van der Waals surface area contributed by atoms with Crippen LogP contribution >= 0.6 is 0 Å². The van der Waals surface area contributed by atoms with Crippen LogP contribution in [0.3, 0.4) is 0 Å². The highest BCUT2D eigenvalue weighted by Crippen LogP contribution is 2.23. The van der Waals surface area contributed by atoms with E-state index in [0.717, 1.165) is 6.07 Å². The number of anilines is 2. The van der Waals surface area contributed by atoms with Crippen molar-refractivity contribution in [3.05, 3.63) is 23.5 Å². The number of alkyl halides is 2. The van der Waals surface area contributed by atoms with Crippen molar-refractivity contribution in [3.63, 3.8) is 0 Å². The van der Waals surface area contributed by atoms with Crippen LogP contribution in [0.5, 0.6) is 0 Å². The van der Waals surface area contributed by atoms with Crippen LogP contribution in [0.25, 0.3) is 0 Å². The number of aryl methyl sites for hydroxylation is 1. The highest BCUT2D eigenvalue weighted by atomic mass is 19.3. The van der Waals surface area contributed by atoms with Crippen LogP contribution in [-0.2, 0) is 0 Å². The Kier molecular flexibility index (Phi) is 3.64. The second-order valence-corrected chi connectivity index (χ2v) is 3.56. The van der Waals surface area contributed by atoms with Gasteiger partial charge in [0.2, 0.25) is 0 Å². The molecule has 1 rings (SSSR count). The van der Waals surface area contributed by atoms with Gasteiger partial charge < -0.3 is 16.2 Å². The number of benzene rings is 1. The third-order valence-electron chi connectivity index (χ3n) is 2.10. The Bertz CT molecular complexity index is 383. The van der Waals surface area contributed by atoms with Gasteiger partial charge >= 0.3 is 0 Å². The van der Waals surface area contributed by atoms with Crippen LogP contribution in [0.15, 0.2) is 12.1 Å². The van der Waals surface area contributed by atoms with Gasteiger partial charge in [0.15, 0.2) is 0 Å². The van der Waals surface area contributed by atoms with Gasteiger partial charge in [-0.2, -0.15) is 0 Å². The summed E-state index contributed by atoms with van der Waals surface area (Å²) >= 11 is 0. The van der Waals surface area contributed by atoms with Crippen molar-refractivity contribution in [2.45, 2.75) is 12.8 Å². The summed E-state index contributed by atoms with van der Waals surface area (Å²) in [6, 6.07) is 2.41. The number of nitrogens with one attached hydrogen (secondary N) is 1. The van der Waals surface area contributed by atoms with Crippen molar-refractivity contribution >= 4 is 11.4 Å². The fourth-order valence-electron chi connectivity index (χ4n) is 1.13. The van der Waals surface area contributed by atoms with E-state index in [1.807, 2.05) is 0 Å². The molecule has 0 spiro atoms. The first-order valence-electron chi connectivity index (χ1n) is 4.64. The molecule has 4 N–H and O–H groups in total. The Morgan fingerprint density at radius 3 is 2.62 bits per heavy atom. The van der Waals surface area contributed by atoms with Crippen LogP contribution in [0.4, 0.5) is 24.5 Å². The molecule has 1 aromatic carbocycles. The highest BCUT2D eigenvalue weighted by molar-refractivity contribution is 5.67. The molecule has 3 nitrogen and oxygen atoms in total. The fraction of sp³-hybridized carbons (Fsp3) is 0.400. The molecule has 1 aromatic rings. The topological polar surface area (TPSA) is 58.3 Å². The quantitative estimate of drug-likeness (QED) is 0.696. The third kappa shape index (κ3) is 3.03. The predicted octanol–water partition coefficient (Wildman–Crippen LogP) is 1.76. The molecule has 0 saturated carbocycles. The van der Waals surface area contributed by atoms with Gasteiger partial charge in [0.1, 0.15) is 12.4 Å². The average molecular weight is 234 g/mol. The van der Waals surface area contributed by atoms with E-state index >= 15 is 0 Å². The molecule has 0 atom stereocenters. The Hall–Kier alpha value is -1.43. The van der Waals surface area contributed by atoms with E-state index < -0.39 is 24.9 Å². The summed E-state index contributed by atoms with van der Waals surface area (Å²) in [7, 11) is 0. The molecule has 0 aromatic heterocycles. The molecule has 0 radical (unpaired) electrons. The van der Waals surface area contributed by atoms with Crippen molar-refractivity contribution in [1.29, 1.82) is 0 Å². The van der Waals surface area contributed by atoms with Gasteiger partial charge in [0.05, 0.1) is 17.9 Å². The van der Waals surface area contributed by atoms with Gasteiger partial charge in [-0.1, -0.05) is 0 Å². The molecule has 0 amide bonds. The SMILES string of the molecule is Cc1cc(NCC(F)(F)CO)c(N)cc1F. The Labute approximate surface area is 91.1 Å². The van der Waals surface area contributed by atoms with Gasteiger partial charge in [-0.3, -0.25) is 0 Å². The van der Waals surface area contributed by atoms with E-state index in [1.54, 1.807) is 0 Å². The maximum Gasteiger partial charge on any atom is 0.287 e. The van der Waals surface area contributed by atoms with Crippen molar-refractivity contribution in [2.24, 2.45) is 0 Å². The van der Waals surface area contributed by atoms with E-state index in [4.69, 9.17) is 10.8 Å². The number of hydrogen-bond acceptors (Lipinski definition) is 3. The minimum Gasteiger partial charge on any atom is -0.397 e. The molecule has 6 heteroatoms. The Morgan fingerprint density at radius 2 is 2.06 bits per heavy atom. The Balaban J connectivity index is 2.79. The number of rotatable bonds is 4. The lowest BCUT2D eigenvalue weighted by Gasteiger charge is -2.16. The number of halogens is 3. The van der Waals surface area contributed by atoms with Crippen LogP contribution in [0.2, 0.25) is 0 Å². The molecule has 0 heterocycles. The standard InChI is InChI=1S/C10H13F3N2O/c1-6-2-9(8(14)3-7(6)11)15-4-10(12,13)5-16/h2-3,15-16H,4-5,14H2,1H3. The maximum atomic E-state index is 13.0. The first-order valence-corrected chi connectivity index (χ1v) is 4.64. The fourth-order valence-corrected chi connectivity index (χ4v) is 1.13. The number of nitrogen functional groups attached to an aromatic ring is 1. The number of aliphatic hydroxyl groups excluding tert-OH is 1. The minimum absolute atomic E-state index is 0.0526. The third-order valence-corrected chi connectivity index (χ3v) is 2.10. The minimum atomic E-state index is -3.23. The molecule has 90 valence electrons. The molecular weight excluding hydrogens is 221 g/mol. The van der Waals surface area contributed by atoms with Crippen LogP contribution < -0.4 is 11.1 Å². The van der Waals surface area contributed by atoms with E-state index in [9.17, 15) is 13.2 Å². The van der Waals surface area contributed by atoms with Gasteiger partial charge in [-0.05, 0) is 24.6 Å². The zero-order chi connectivity index (χ0) is 12.3. The summed E-state index contributed by atoms with van der Waals surface area (Å²) < 4.78 is 38.4. The molecule has 0 unspecified atom stereocenters. The zero-order valence-electron chi connectivity index (χ0n) is 8.73. The molecule has 0 aliphatic rings. The molecule has 0 saturated heterocycles. The maximum absolute atomic E-state index is 13.0. The van der Waals surface area contributed by atoms with Crippen molar-refractivity contribution < 1.29 is 18.3 Å². The molecule has 16 heavy (non-hydrogen) atoms. The summed E-state index contributed by atoms with van der Waals surface area (Å²) in [6.07, 6.45) is 0. The van der Waals surface area contributed by atoms with E-state index in [0.29, 0.717) is 5.56 Å². The first-order chi connectivity index (χ1) is 7.35. The molecule has 0 aliphatic heterocycles. The zero-order valence-corrected chi connectivity index (χ0v) is 8.73.